The lowest BCUT2D eigenvalue weighted by Gasteiger charge is -2.11. The second-order valence-electron chi connectivity index (χ2n) is 4.44. The van der Waals surface area contributed by atoms with Gasteiger partial charge in [-0.3, -0.25) is 4.79 Å². The van der Waals surface area contributed by atoms with Crippen molar-refractivity contribution in [3.63, 3.8) is 0 Å². The molecular weight excluding hydrogens is 349 g/mol. The zero-order chi connectivity index (χ0) is 13.2. The molecule has 3 aromatic rings. The summed E-state index contributed by atoms with van der Waals surface area (Å²) in [6, 6.07) is 18.0. The molecule has 0 aliphatic heterocycles. The zero-order valence-corrected chi connectivity index (χ0v) is 12.4. The summed E-state index contributed by atoms with van der Waals surface area (Å²) < 4.78 is 2.89. The number of hydrogen-bond acceptors (Lipinski definition) is 1. The standard InChI is InChI=1S/C16H12INO/c17-14-11-18(10-12-6-2-1-3-7-12)15-9-5-4-8-13(15)16(14)19/h1-9,11H,10H2. The quantitative estimate of drug-likeness (QED) is 0.639. The summed E-state index contributed by atoms with van der Waals surface area (Å²) in [5.74, 6) is 0. The number of fused-ring (bicyclic) bond motifs is 1. The van der Waals surface area contributed by atoms with Crippen molar-refractivity contribution in [1.29, 1.82) is 0 Å². The third kappa shape index (κ3) is 2.42. The van der Waals surface area contributed by atoms with Gasteiger partial charge in [-0.05, 0) is 40.3 Å². The molecule has 0 bridgehead atoms. The molecule has 1 aromatic heterocycles. The Morgan fingerprint density at radius 1 is 0.947 bits per heavy atom. The molecule has 0 aliphatic rings. The predicted molar refractivity (Wildman–Crippen MR) is 86.5 cm³/mol. The van der Waals surface area contributed by atoms with E-state index in [1.807, 2.05) is 48.7 Å². The Balaban J connectivity index is 2.19. The molecule has 3 rings (SSSR count). The van der Waals surface area contributed by atoms with Gasteiger partial charge in [0, 0.05) is 18.1 Å². The number of para-hydroxylation sites is 1. The summed E-state index contributed by atoms with van der Waals surface area (Å²) in [4.78, 5) is 12.1. The molecule has 94 valence electrons. The van der Waals surface area contributed by atoms with Crippen LogP contribution in [0.15, 0.2) is 65.6 Å². The molecular formula is C16H12INO. The minimum absolute atomic E-state index is 0.112. The van der Waals surface area contributed by atoms with E-state index in [9.17, 15) is 4.79 Å². The van der Waals surface area contributed by atoms with E-state index in [1.54, 1.807) is 0 Å². The van der Waals surface area contributed by atoms with Crippen molar-refractivity contribution >= 4 is 33.5 Å². The van der Waals surface area contributed by atoms with Crippen LogP contribution in [-0.4, -0.2) is 4.57 Å². The Morgan fingerprint density at radius 3 is 2.42 bits per heavy atom. The highest BCUT2D eigenvalue weighted by Gasteiger charge is 2.06. The normalized spacial score (nSPS) is 10.8. The first-order valence-electron chi connectivity index (χ1n) is 6.07. The van der Waals surface area contributed by atoms with Crippen LogP contribution in [-0.2, 0) is 6.54 Å². The molecule has 0 radical (unpaired) electrons. The molecule has 0 atom stereocenters. The Bertz CT molecular complexity index is 778. The van der Waals surface area contributed by atoms with Gasteiger partial charge < -0.3 is 4.57 Å². The van der Waals surface area contributed by atoms with Gasteiger partial charge in [-0.2, -0.15) is 0 Å². The molecule has 0 spiro atoms. The highest BCUT2D eigenvalue weighted by molar-refractivity contribution is 14.1. The van der Waals surface area contributed by atoms with E-state index in [-0.39, 0.29) is 5.43 Å². The van der Waals surface area contributed by atoms with Crippen LogP contribution in [0, 0.1) is 3.57 Å². The van der Waals surface area contributed by atoms with E-state index in [2.05, 4.69) is 39.3 Å². The van der Waals surface area contributed by atoms with E-state index >= 15 is 0 Å². The predicted octanol–water partition coefficient (Wildman–Crippen LogP) is 3.65. The Hall–Kier alpha value is -1.62. The van der Waals surface area contributed by atoms with Crippen molar-refractivity contribution in [1.82, 2.24) is 4.57 Å². The summed E-state index contributed by atoms with van der Waals surface area (Å²) in [7, 11) is 0. The van der Waals surface area contributed by atoms with Gasteiger partial charge in [0.2, 0.25) is 5.43 Å². The summed E-state index contributed by atoms with van der Waals surface area (Å²) in [5, 5.41) is 0.783. The van der Waals surface area contributed by atoms with Crippen LogP contribution in [0.2, 0.25) is 0 Å². The molecule has 3 heteroatoms. The Labute approximate surface area is 124 Å². The second kappa shape index (κ2) is 5.17. The van der Waals surface area contributed by atoms with Crippen LogP contribution in [0.4, 0.5) is 0 Å². The van der Waals surface area contributed by atoms with E-state index in [0.717, 1.165) is 21.0 Å². The SMILES string of the molecule is O=c1c(I)cn(Cc2ccccc2)c2ccccc12. The van der Waals surface area contributed by atoms with Crippen LogP contribution in [0.1, 0.15) is 5.56 Å². The average molecular weight is 361 g/mol. The molecule has 0 amide bonds. The number of pyridine rings is 1. The minimum atomic E-state index is 0.112. The summed E-state index contributed by atoms with van der Waals surface area (Å²) >= 11 is 2.11. The van der Waals surface area contributed by atoms with Gasteiger partial charge in [-0.1, -0.05) is 42.5 Å². The van der Waals surface area contributed by atoms with Crippen LogP contribution in [0.3, 0.4) is 0 Å². The van der Waals surface area contributed by atoms with Crippen LogP contribution >= 0.6 is 22.6 Å². The Morgan fingerprint density at radius 2 is 1.63 bits per heavy atom. The number of aromatic nitrogens is 1. The number of halogens is 1. The molecule has 0 unspecified atom stereocenters. The van der Waals surface area contributed by atoms with Crippen molar-refractivity contribution < 1.29 is 0 Å². The summed E-state index contributed by atoms with van der Waals surface area (Å²) in [6.07, 6.45) is 1.93. The highest BCUT2D eigenvalue weighted by Crippen LogP contribution is 2.14. The average Bonchev–Trinajstić information content (AvgIpc) is 2.46. The van der Waals surface area contributed by atoms with Crippen LogP contribution in [0.25, 0.3) is 10.9 Å². The third-order valence-corrected chi connectivity index (χ3v) is 3.91. The molecule has 0 aliphatic carbocycles. The second-order valence-corrected chi connectivity index (χ2v) is 5.60. The van der Waals surface area contributed by atoms with Crippen LogP contribution < -0.4 is 5.43 Å². The fourth-order valence-corrected chi connectivity index (χ4v) is 2.85. The first kappa shape index (κ1) is 12.4. The first-order valence-corrected chi connectivity index (χ1v) is 7.15. The van der Waals surface area contributed by atoms with Crippen molar-refractivity contribution in [2.24, 2.45) is 0 Å². The van der Waals surface area contributed by atoms with Crippen LogP contribution in [0.5, 0.6) is 0 Å². The number of nitrogens with zero attached hydrogens (tertiary/aromatic N) is 1. The molecule has 2 aromatic carbocycles. The first-order chi connectivity index (χ1) is 9.25. The fraction of sp³-hybridized carbons (Fsp3) is 0.0625. The molecule has 0 saturated carbocycles. The van der Waals surface area contributed by atoms with Gasteiger partial charge in [-0.25, -0.2) is 0 Å². The lowest BCUT2D eigenvalue weighted by atomic mass is 10.2. The maximum Gasteiger partial charge on any atom is 0.202 e. The Kier molecular flexibility index (Phi) is 3.38. The molecule has 1 heterocycles. The molecule has 19 heavy (non-hydrogen) atoms. The number of benzene rings is 2. The molecule has 0 N–H and O–H groups in total. The van der Waals surface area contributed by atoms with Crippen molar-refractivity contribution in [2.45, 2.75) is 6.54 Å². The summed E-state index contributed by atoms with van der Waals surface area (Å²) in [6.45, 7) is 0.775. The van der Waals surface area contributed by atoms with Gasteiger partial charge in [0.05, 0.1) is 9.09 Å². The lowest BCUT2D eigenvalue weighted by molar-refractivity contribution is 0.822. The van der Waals surface area contributed by atoms with Gasteiger partial charge in [0.1, 0.15) is 0 Å². The third-order valence-electron chi connectivity index (χ3n) is 3.14. The van der Waals surface area contributed by atoms with E-state index in [1.165, 1.54) is 5.56 Å². The molecule has 0 fully saturated rings. The van der Waals surface area contributed by atoms with Crippen molar-refractivity contribution in [3.8, 4) is 0 Å². The van der Waals surface area contributed by atoms with E-state index < -0.39 is 0 Å². The zero-order valence-electron chi connectivity index (χ0n) is 10.2. The van der Waals surface area contributed by atoms with E-state index in [4.69, 9.17) is 0 Å². The van der Waals surface area contributed by atoms with E-state index in [0.29, 0.717) is 0 Å². The lowest BCUT2D eigenvalue weighted by Crippen LogP contribution is -2.12. The highest BCUT2D eigenvalue weighted by atomic mass is 127. The maximum absolute atomic E-state index is 12.1. The number of rotatable bonds is 2. The smallest absolute Gasteiger partial charge is 0.202 e. The maximum atomic E-state index is 12.1. The van der Waals surface area contributed by atoms with Crippen molar-refractivity contribution in [2.75, 3.05) is 0 Å². The topological polar surface area (TPSA) is 22.0 Å². The van der Waals surface area contributed by atoms with Gasteiger partial charge in [-0.15, -0.1) is 0 Å². The molecule has 0 saturated heterocycles. The van der Waals surface area contributed by atoms with Gasteiger partial charge in [0.15, 0.2) is 0 Å². The van der Waals surface area contributed by atoms with Gasteiger partial charge >= 0.3 is 0 Å². The number of hydrogen-bond donors (Lipinski definition) is 0. The largest absolute Gasteiger partial charge is 0.342 e. The van der Waals surface area contributed by atoms with Gasteiger partial charge in [0.25, 0.3) is 0 Å². The summed E-state index contributed by atoms with van der Waals surface area (Å²) in [5.41, 5.74) is 2.32. The minimum Gasteiger partial charge on any atom is -0.342 e. The molecule has 2 nitrogen and oxygen atoms in total. The fourth-order valence-electron chi connectivity index (χ4n) is 2.22. The van der Waals surface area contributed by atoms with Crippen molar-refractivity contribution in [3.05, 3.63) is 80.2 Å². The monoisotopic (exact) mass is 361 g/mol.